The van der Waals surface area contributed by atoms with Crippen LogP contribution in [0.5, 0.6) is 5.75 Å². The molecule has 4 rings (SSSR count). The van der Waals surface area contributed by atoms with Crippen LogP contribution < -0.4 is 15.4 Å². The summed E-state index contributed by atoms with van der Waals surface area (Å²) in [6, 6.07) is 5.47. The van der Waals surface area contributed by atoms with Gasteiger partial charge in [-0.3, -0.25) is 15.0 Å². The molecule has 3 atom stereocenters. The van der Waals surface area contributed by atoms with Gasteiger partial charge < -0.3 is 20.1 Å². The van der Waals surface area contributed by atoms with Crippen molar-refractivity contribution in [3.63, 3.8) is 0 Å². The highest BCUT2D eigenvalue weighted by Gasteiger charge is 2.63. The Morgan fingerprint density at radius 3 is 2.84 bits per heavy atom. The molecule has 2 heterocycles. The molecule has 0 spiro atoms. The number of hydrogen-bond donors (Lipinski definition) is 3. The summed E-state index contributed by atoms with van der Waals surface area (Å²) in [6.07, 6.45) is 2.65. The highest BCUT2D eigenvalue weighted by Crippen LogP contribution is 2.55. The van der Waals surface area contributed by atoms with E-state index in [1.807, 2.05) is 12.1 Å². The summed E-state index contributed by atoms with van der Waals surface area (Å²) in [4.78, 5) is 29.5. The van der Waals surface area contributed by atoms with Crippen LogP contribution in [0.2, 0.25) is 0 Å². The second kappa shape index (κ2) is 8.41. The van der Waals surface area contributed by atoms with Crippen molar-refractivity contribution in [1.29, 1.82) is 0 Å². The van der Waals surface area contributed by atoms with E-state index in [0.29, 0.717) is 25.8 Å². The van der Waals surface area contributed by atoms with Gasteiger partial charge in [0.25, 0.3) is 0 Å². The lowest BCUT2D eigenvalue weighted by molar-refractivity contribution is -0.160. The number of rotatable bonds is 4. The van der Waals surface area contributed by atoms with Crippen molar-refractivity contribution < 1.29 is 19.4 Å². The quantitative estimate of drug-likeness (QED) is 0.656. The Labute approximate surface area is 183 Å². The maximum atomic E-state index is 12.9. The van der Waals surface area contributed by atoms with Crippen molar-refractivity contribution in [3.8, 4) is 5.75 Å². The number of hydrogen-bond acceptors (Lipinski definition) is 6. The first-order valence-corrected chi connectivity index (χ1v) is 11.2. The number of fused-ring (bicyclic) bond motifs is 1. The van der Waals surface area contributed by atoms with Crippen LogP contribution >= 0.6 is 0 Å². The Balaban J connectivity index is 1.83. The summed E-state index contributed by atoms with van der Waals surface area (Å²) < 4.78 is 5.50. The van der Waals surface area contributed by atoms with Crippen molar-refractivity contribution >= 4 is 11.9 Å². The molecule has 1 aromatic rings. The van der Waals surface area contributed by atoms with Crippen molar-refractivity contribution in [2.24, 2.45) is 0 Å². The zero-order valence-electron chi connectivity index (χ0n) is 18.7. The summed E-state index contributed by atoms with van der Waals surface area (Å²) in [5, 5.41) is 17.6. The number of likely N-dealkylation sites (N-methyl/N-ethyl adjacent to an activating group) is 1. The van der Waals surface area contributed by atoms with Crippen LogP contribution in [0.4, 0.5) is 4.79 Å². The maximum Gasteiger partial charge on any atom is 0.321 e. The molecule has 31 heavy (non-hydrogen) atoms. The number of benzene rings is 1. The summed E-state index contributed by atoms with van der Waals surface area (Å²) in [7, 11) is 5.75. The minimum Gasteiger partial charge on any atom is -0.497 e. The van der Waals surface area contributed by atoms with Gasteiger partial charge in [0.15, 0.2) is 0 Å². The fraction of sp³-hybridized carbons (Fsp3) is 0.652. The average molecular weight is 431 g/mol. The molecule has 1 aliphatic carbocycles. The van der Waals surface area contributed by atoms with Crippen molar-refractivity contribution in [3.05, 3.63) is 29.3 Å². The van der Waals surface area contributed by atoms with Gasteiger partial charge in [-0.25, -0.2) is 4.79 Å². The molecule has 2 bridgehead atoms. The van der Waals surface area contributed by atoms with Crippen molar-refractivity contribution in [1.82, 2.24) is 20.4 Å². The minimum atomic E-state index is -1.07. The number of piperidine rings is 1. The molecule has 0 aromatic heterocycles. The number of amides is 3. The first-order valence-electron chi connectivity index (χ1n) is 11.2. The number of nitrogens with zero attached hydrogens (tertiary/aromatic N) is 2. The van der Waals surface area contributed by atoms with Gasteiger partial charge in [-0.15, -0.1) is 0 Å². The predicted octanol–water partition coefficient (Wildman–Crippen LogP) is 0.866. The van der Waals surface area contributed by atoms with Gasteiger partial charge in [0.05, 0.1) is 12.7 Å². The number of aliphatic hydroxyl groups is 1. The summed E-state index contributed by atoms with van der Waals surface area (Å²) in [5.74, 6) is 0.369. The van der Waals surface area contributed by atoms with E-state index in [0.717, 1.165) is 42.9 Å². The lowest BCUT2D eigenvalue weighted by Gasteiger charge is -2.62. The van der Waals surface area contributed by atoms with Crippen LogP contribution in [-0.2, 0) is 16.6 Å². The largest absolute Gasteiger partial charge is 0.497 e. The van der Waals surface area contributed by atoms with Crippen LogP contribution in [-0.4, -0.2) is 85.9 Å². The van der Waals surface area contributed by atoms with Crippen LogP contribution in [0.3, 0.4) is 0 Å². The highest BCUT2D eigenvalue weighted by molar-refractivity contribution is 5.95. The van der Waals surface area contributed by atoms with E-state index < -0.39 is 17.0 Å². The molecule has 1 aromatic carbocycles. The molecule has 8 heteroatoms. The Bertz CT molecular complexity index is 860. The summed E-state index contributed by atoms with van der Waals surface area (Å²) in [5.41, 5.74) is 0.320. The molecule has 2 aliphatic heterocycles. The lowest BCUT2D eigenvalue weighted by atomic mass is 9.52. The first-order chi connectivity index (χ1) is 14.8. The van der Waals surface area contributed by atoms with Gasteiger partial charge in [0.1, 0.15) is 5.75 Å². The van der Waals surface area contributed by atoms with E-state index in [1.165, 1.54) is 0 Å². The number of nitrogens with one attached hydrogen (secondary N) is 2. The van der Waals surface area contributed by atoms with Gasteiger partial charge in [0.2, 0.25) is 5.91 Å². The molecule has 0 unspecified atom stereocenters. The molecule has 2 fully saturated rings. The number of urea groups is 1. The van der Waals surface area contributed by atoms with Crippen LogP contribution in [0.1, 0.15) is 36.8 Å². The number of carbonyl (C=O) groups excluding carboxylic acids is 2. The predicted molar refractivity (Wildman–Crippen MR) is 117 cm³/mol. The van der Waals surface area contributed by atoms with E-state index in [1.54, 1.807) is 7.11 Å². The molecular weight excluding hydrogens is 396 g/mol. The third kappa shape index (κ3) is 3.81. The molecule has 170 valence electrons. The molecular formula is C23H34N4O4. The second-order valence-electron chi connectivity index (χ2n) is 9.42. The number of likely N-dealkylation sites (tertiary alicyclic amines) is 1. The zero-order chi connectivity index (χ0) is 22.2. The smallest absolute Gasteiger partial charge is 0.321 e. The van der Waals surface area contributed by atoms with Crippen LogP contribution in [0, 0.1) is 0 Å². The van der Waals surface area contributed by atoms with Crippen molar-refractivity contribution in [2.45, 2.75) is 49.2 Å². The Morgan fingerprint density at radius 1 is 1.29 bits per heavy atom. The maximum absolute atomic E-state index is 12.9. The van der Waals surface area contributed by atoms with E-state index in [4.69, 9.17) is 4.74 Å². The number of carbonyl (C=O) groups is 2. The molecule has 0 radical (unpaired) electrons. The molecule has 0 saturated carbocycles. The zero-order valence-corrected chi connectivity index (χ0v) is 18.7. The van der Waals surface area contributed by atoms with Crippen molar-refractivity contribution in [2.75, 3.05) is 47.4 Å². The monoisotopic (exact) mass is 430 g/mol. The standard InChI is InChI=1S/C23H34N4O4/c1-26(2)11-12-27-10-8-22-15-20(28)25-21(29)24-9-4-7-23(22,30)19(27)13-16-5-6-17(31-3)14-18(16)22/h5-6,14,19,30H,4,7-13,15H2,1-3H3,(H2,24,25,28,29)/t19-,22-,23-/m1/s1. The van der Waals surface area contributed by atoms with E-state index >= 15 is 0 Å². The number of methoxy groups -OCH3 is 1. The highest BCUT2D eigenvalue weighted by atomic mass is 16.5. The van der Waals surface area contributed by atoms with Gasteiger partial charge in [-0.2, -0.15) is 0 Å². The van der Waals surface area contributed by atoms with E-state index in [2.05, 4.69) is 40.6 Å². The normalized spacial score (nSPS) is 31.3. The Hall–Kier alpha value is -2.16. The topological polar surface area (TPSA) is 94.1 Å². The molecule has 3 amide bonds. The summed E-state index contributed by atoms with van der Waals surface area (Å²) in [6.45, 7) is 3.00. The Morgan fingerprint density at radius 2 is 2.10 bits per heavy atom. The van der Waals surface area contributed by atoms with E-state index in [-0.39, 0.29) is 18.4 Å². The SMILES string of the molecule is COc1ccc2c(c1)[C@]13CCN(CCN(C)C)[C@H](C2)[C@]1(O)CCCNC(=O)NC(=O)C3. The third-order valence-corrected chi connectivity index (χ3v) is 7.46. The lowest BCUT2D eigenvalue weighted by Crippen LogP contribution is -2.72. The third-order valence-electron chi connectivity index (χ3n) is 7.46. The molecule has 2 saturated heterocycles. The van der Waals surface area contributed by atoms with Gasteiger partial charge in [-0.05, 0) is 69.6 Å². The molecule has 3 N–H and O–H groups in total. The Kier molecular flexibility index (Phi) is 5.98. The fourth-order valence-corrected chi connectivity index (χ4v) is 5.90. The molecule has 8 nitrogen and oxygen atoms in total. The van der Waals surface area contributed by atoms with Crippen LogP contribution in [0.15, 0.2) is 18.2 Å². The second-order valence-corrected chi connectivity index (χ2v) is 9.42. The van der Waals surface area contributed by atoms with Gasteiger partial charge >= 0.3 is 6.03 Å². The van der Waals surface area contributed by atoms with Gasteiger partial charge in [-0.1, -0.05) is 6.07 Å². The van der Waals surface area contributed by atoms with E-state index in [9.17, 15) is 14.7 Å². The summed E-state index contributed by atoms with van der Waals surface area (Å²) >= 11 is 0. The average Bonchev–Trinajstić information content (AvgIpc) is 2.72. The molecule has 3 aliphatic rings. The van der Waals surface area contributed by atoms with Crippen LogP contribution in [0.25, 0.3) is 0 Å². The van der Waals surface area contributed by atoms with Gasteiger partial charge in [0, 0.05) is 37.5 Å². The number of imide groups is 1. The fourth-order valence-electron chi connectivity index (χ4n) is 5.90. The first kappa shape index (κ1) is 22.0. The minimum absolute atomic E-state index is 0.0785. The number of ether oxygens (including phenoxy) is 1.